The number of benzene rings is 2. The van der Waals surface area contributed by atoms with E-state index in [-0.39, 0.29) is 6.10 Å². The van der Waals surface area contributed by atoms with Crippen molar-refractivity contribution in [3.8, 4) is 0 Å². The monoisotopic (exact) mass is 324 g/mol. The Balaban J connectivity index is 1.65. The predicted molar refractivity (Wildman–Crippen MR) is 94.7 cm³/mol. The number of rotatable bonds is 4. The van der Waals surface area contributed by atoms with Gasteiger partial charge in [-0.1, -0.05) is 42.5 Å². The third-order valence-corrected chi connectivity index (χ3v) is 4.77. The van der Waals surface area contributed by atoms with Crippen molar-refractivity contribution in [3.05, 3.63) is 71.3 Å². The van der Waals surface area contributed by atoms with Crippen molar-refractivity contribution in [2.75, 3.05) is 19.7 Å². The van der Waals surface area contributed by atoms with Crippen LogP contribution in [-0.4, -0.2) is 30.5 Å². The lowest BCUT2D eigenvalue weighted by Gasteiger charge is -2.27. The molecular formula is C20H24N2O2. The van der Waals surface area contributed by atoms with Crippen LogP contribution in [0.5, 0.6) is 0 Å². The topological polar surface area (TPSA) is 55.6 Å². The zero-order valence-electron chi connectivity index (χ0n) is 14.0. The second kappa shape index (κ2) is 7.60. The number of ether oxygens (including phenoxy) is 1. The van der Waals surface area contributed by atoms with Gasteiger partial charge in [-0.05, 0) is 36.6 Å². The molecule has 2 N–H and O–H groups in total. The molecule has 4 heteroatoms. The van der Waals surface area contributed by atoms with Crippen LogP contribution in [0.1, 0.15) is 47.0 Å². The van der Waals surface area contributed by atoms with Gasteiger partial charge in [0.15, 0.2) is 0 Å². The first-order valence-corrected chi connectivity index (χ1v) is 8.45. The number of hydrogen-bond donors (Lipinski definition) is 1. The Morgan fingerprint density at radius 1 is 1.12 bits per heavy atom. The van der Waals surface area contributed by atoms with E-state index in [2.05, 4.69) is 36.1 Å². The molecule has 2 atom stereocenters. The van der Waals surface area contributed by atoms with Crippen molar-refractivity contribution in [1.29, 1.82) is 0 Å². The molecular weight excluding hydrogens is 300 g/mol. The zero-order chi connectivity index (χ0) is 16.9. The number of nitrogens with two attached hydrogens (primary N) is 1. The summed E-state index contributed by atoms with van der Waals surface area (Å²) in [5.41, 5.74) is 8.27. The molecule has 0 saturated carbocycles. The first-order valence-electron chi connectivity index (χ1n) is 8.45. The number of primary amides is 1. The van der Waals surface area contributed by atoms with Crippen LogP contribution in [0.4, 0.5) is 0 Å². The number of amides is 1. The molecule has 3 rings (SSSR count). The lowest BCUT2D eigenvalue weighted by molar-refractivity contribution is 0.0604. The van der Waals surface area contributed by atoms with Gasteiger partial charge in [0, 0.05) is 24.7 Å². The Bertz CT molecular complexity index is 670. The Morgan fingerprint density at radius 3 is 2.50 bits per heavy atom. The standard InChI is InChI=1S/C20H24N2O2/c1-15(16-5-3-2-4-6-16)22-12-11-19(24-14-13-22)17-7-9-18(10-8-17)20(21)23/h2-10,15,19H,11-14H2,1H3,(H2,21,23). The van der Waals surface area contributed by atoms with E-state index < -0.39 is 5.91 Å². The maximum atomic E-state index is 11.2. The Labute approximate surface area is 143 Å². The molecule has 2 unspecified atom stereocenters. The van der Waals surface area contributed by atoms with Crippen LogP contribution in [0.15, 0.2) is 54.6 Å². The molecule has 0 bridgehead atoms. The minimum Gasteiger partial charge on any atom is -0.372 e. The fourth-order valence-corrected chi connectivity index (χ4v) is 3.25. The summed E-state index contributed by atoms with van der Waals surface area (Å²) in [7, 11) is 0. The molecule has 0 aliphatic carbocycles. The van der Waals surface area contributed by atoms with Crippen LogP contribution in [0.2, 0.25) is 0 Å². The number of carbonyl (C=O) groups excluding carboxylic acids is 1. The van der Waals surface area contributed by atoms with Crippen molar-refractivity contribution in [3.63, 3.8) is 0 Å². The van der Waals surface area contributed by atoms with E-state index in [0.717, 1.165) is 25.1 Å². The van der Waals surface area contributed by atoms with E-state index in [1.54, 1.807) is 12.1 Å². The molecule has 1 aliphatic rings. The van der Waals surface area contributed by atoms with Gasteiger partial charge in [-0.3, -0.25) is 9.69 Å². The largest absolute Gasteiger partial charge is 0.372 e. The average Bonchev–Trinajstić information content (AvgIpc) is 2.88. The highest BCUT2D eigenvalue weighted by atomic mass is 16.5. The first-order chi connectivity index (χ1) is 11.6. The summed E-state index contributed by atoms with van der Waals surface area (Å²) in [5, 5.41) is 0. The van der Waals surface area contributed by atoms with Crippen LogP contribution >= 0.6 is 0 Å². The summed E-state index contributed by atoms with van der Waals surface area (Å²) < 4.78 is 6.05. The lowest BCUT2D eigenvalue weighted by atomic mass is 10.0. The van der Waals surface area contributed by atoms with Crippen LogP contribution in [0, 0.1) is 0 Å². The summed E-state index contributed by atoms with van der Waals surface area (Å²) in [6.45, 7) is 4.86. The maximum absolute atomic E-state index is 11.2. The summed E-state index contributed by atoms with van der Waals surface area (Å²) in [6, 6.07) is 18.4. The van der Waals surface area contributed by atoms with Crippen LogP contribution in [0.25, 0.3) is 0 Å². The van der Waals surface area contributed by atoms with Gasteiger partial charge in [0.1, 0.15) is 0 Å². The highest BCUT2D eigenvalue weighted by Gasteiger charge is 2.22. The van der Waals surface area contributed by atoms with Crippen molar-refractivity contribution in [2.24, 2.45) is 5.73 Å². The maximum Gasteiger partial charge on any atom is 0.248 e. The van der Waals surface area contributed by atoms with E-state index in [4.69, 9.17) is 10.5 Å². The smallest absolute Gasteiger partial charge is 0.248 e. The molecule has 126 valence electrons. The van der Waals surface area contributed by atoms with Gasteiger partial charge in [-0.2, -0.15) is 0 Å². The average molecular weight is 324 g/mol. The molecule has 0 spiro atoms. The molecule has 0 aromatic heterocycles. The summed E-state index contributed by atoms with van der Waals surface area (Å²) in [6.07, 6.45) is 1.01. The van der Waals surface area contributed by atoms with Gasteiger partial charge >= 0.3 is 0 Å². The van der Waals surface area contributed by atoms with Gasteiger partial charge in [0.2, 0.25) is 5.91 Å². The SMILES string of the molecule is CC(c1ccccc1)N1CCOC(c2ccc(C(N)=O)cc2)CC1. The van der Waals surface area contributed by atoms with E-state index in [9.17, 15) is 4.79 Å². The van der Waals surface area contributed by atoms with E-state index in [1.807, 2.05) is 18.2 Å². The second-order valence-corrected chi connectivity index (χ2v) is 6.26. The zero-order valence-corrected chi connectivity index (χ0v) is 14.0. The number of carbonyl (C=O) groups is 1. The Hall–Kier alpha value is -2.17. The molecule has 1 heterocycles. The van der Waals surface area contributed by atoms with Crippen LogP contribution in [0.3, 0.4) is 0 Å². The molecule has 4 nitrogen and oxygen atoms in total. The molecule has 1 amide bonds. The van der Waals surface area contributed by atoms with Crippen molar-refractivity contribution < 1.29 is 9.53 Å². The third-order valence-electron chi connectivity index (χ3n) is 4.77. The van der Waals surface area contributed by atoms with E-state index in [0.29, 0.717) is 18.2 Å². The molecule has 1 saturated heterocycles. The molecule has 0 radical (unpaired) electrons. The van der Waals surface area contributed by atoms with Gasteiger partial charge in [-0.15, -0.1) is 0 Å². The number of hydrogen-bond acceptors (Lipinski definition) is 3. The normalized spacial score (nSPS) is 20.3. The lowest BCUT2D eigenvalue weighted by Crippen LogP contribution is -2.29. The second-order valence-electron chi connectivity index (χ2n) is 6.26. The van der Waals surface area contributed by atoms with Crippen molar-refractivity contribution >= 4 is 5.91 Å². The summed E-state index contributed by atoms with van der Waals surface area (Å²) in [4.78, 5) is 13.6. The minimum atomic E-state index is -0.397. The molecule has 24 heavy (non-hydrogen) atoms. The molecule has 2 aromatic rings. The van der Waals surface area contributed by atoms with Crippen LogP contribution in [-0.2, 0) is 4.74 Å². The fourth-order valence-electron chi connectivity index (χ4n) is 3.25. The summed E-state index contributed by atoms with van der Waals surface area (Å²) >= 11 is 0. The number of nitrogens with zero attached hydrogens (tertiary/aromatic N) is 1. The Kier molecular flexibility index (Phi) is 5.28. The van der Waals surface area contributed by atoms with Crippen molar-refractivity contribution in [1.82, 2.24) is 4.90 Å². The van der Waals surface area contributed by atoms with Gasteiger partial charge in [0.25, 0.3) is 0 Å². The minimum absolute atomic E-state index is 0.0694. The molecule has 2 aromatic carbocycles. The predicted octanol–water partition coefficient (Wildman–Crippen LogP) is 3.31. The van der Waals surface area contributed by atoms with Gasteiger partial charge in [0.05, 0.1) is 12.7 Å². The quantitative estimate of drug-likeness (QED) is 0.939. The van der Waals surface area contributed by atoms with Crippen molar-refractivity contribution in [2.45, 2.75) is 25.5 Å². The van der Waals surface area contributed by atoms with Gasteiger partial charge in [-0.25, -0.2) is 0 Å². The molecule has 1 aliphatic heterocycles. The van der Waals surface area contributed by atoms with E-state index in [1.165, 1.54) is 5.56 Å². The highest BCUT2D eigenvalue weighted by molar-refractivity contribution is 5.92. The Morgan fingerprint density at radius 2 is 1.83 bits per heavy atom. The van der Waals surface area contributed by atoms with Gasteiger partial charge < -0.3 is 10.5 Å². The fraction of sp³-hybridized carbons (Fsp3) is 0.350. The third kappa shape index (κ3) is 3.83. The van der Waals surface area contributed by atoms with E-state index >= 15 is 0 Å². The molecule has 1 fully saturated rings. The first kappa shape index (κ1) is 16.7. The van der Waals surface area contributed by atoms with Crippen LogP contribution < -0.4 is 5.73 Å². The highest BCUT2D eigenvalue weighted by Crippen LogP contribution is 2.28. The summed E-state index contributed by atoms with van der Waals surface area (Å²) in [5.74, 6) is -0.397.